The average Bonchev–Trinajstić information content (AvgIpc) is 2.66. The molecule has 5 nitrogen and oxygen atoms in total. The maximum atomic E-state index is 12.3. The Morgan fingerprint density at radius 2 is 1.57 bits per heavy atom. The first-order valence-corrected chi connectivity index (χ1v) is 11.3. The summed E-state index contributed by atoms with van der Waals surface area (Å²) in [6.45, 7) is 8.25. The molecule has 0 saturated carbocycles. The van der Waals surface area contributed by atoms with Crippen molar-refractivity contribution in [1.82, 2.24) is 0 Å². The topological polar surface area (TPSA) is 65.0 Å². The minimum absolute atomic E-state index is 0.0174. The number of hydrogen-bond acceptors (Lipinski definition) is 4. The fraction of sp³-hybridized carbons (Fsp3) is 0.455. The van der Waals surface area contributed by atoms with E-state index in [-0.39, 0.29) is 24.5 Å². The molecule has 6 heteroatoms. The second-order valence-corrected chi connectivity index (χ2v) is 9.32. The van der Waals surface area contributed by atoms with E-state index in [4.69, 9.17) is 14.0 Å². The highest BCUT2D eigenvalue weighted by molar-refractivity contribution is 7.51. The van der Waals surface area contributed by atoms with Crippen molar-refractivity contribution in [2.24, 2.45) is 0 Å². The number of rotatable bonds is 10. The molecule has 154 valence electrons. The predicted octanol–water partition coefficient (Wildman–Crippen LogP) is 5.50. The van der Waals surface area contributed by atoms with Crippen molar-refractivity contribution in [1.29, 1.82) is 0 Å². The highest BCUT2D eigenvalue weighted by Gasteiger charge is 2.25. The Hall–Kier alpha value is -1.65. The van der Waals surface area contributed by atoms with Gasteiger partial charge in [0.25, 0.3) is 0 Å². The third kappa shape index (κ3) is 6.18. The van der Waals surface area contributed by atoms with E-state index in [1.165, 1.54) is 0 Å². The van der Waals surface area contributed by atoms with Crippen LogP contribution in [0.2, 0.25) is 0 Å². The Balaban J connectivity index is 2.11. The van der Waals surface area contributed by atoms with Crippen LogP contribution in [-0.4, -0.2) is 24.9 Å². The molecule has 2 aromatic rings. The maximum Gasteiger partial charge on any atom is 0.332 e. The van der Waals surface area contributed by atoms with E-state index in [2.05, 4.69) is 13.8 Å². The molecule has 0 heterocycles. The summed E-state index contributed by atoms with van der Waals surface area (Å²) in [6, 6.07) is 15.8. The highest BCUT2D eigenvalue weighted by atomic mass is 31.2. The molecule has 2 rings (SSSR count). The van der Waals surface area contributed by atoms with Gasteiger partial charge in [0, 0.05) is 12.5 Å². The first-order chi connectivity index (χ1) is 13.2. The monoisotopic (exact) mass is 406 g/mol. The second kappa shape index (κ2) is 9.71. The van der Waals surface area contributed by atoms with Crippen molar-refractivity contribution in [2.75, 3.05) is 13.9 Å². The normalized spacial score (nSPS) is 15.1. The van der Waals surface area contributed by atoms with Crippen LogP contribution in [0.4, 0.5) is 0 Å². The summed E-state index contributed by atoms with van der Waals surface area (Å²) >= 11 is 0. The number of methoxy groups -OCH3 is 1. The van der Waals surface area contributed by atoms with E-state index in [9.17, 15) is 9.46 Å². The van der Waals surface area contributed by atoms with Crippen molar-refractivity contribution in [3.63, 3.8) is 0 Å². The predicted molar refractivity (Wildman–Crippen MR) is 112 cm³/mol. The highest BCUT2D eigenvalue weighted by Crippen LogP contribution is 2.47. The van der Waals surface area contributed by atoms with Crippen molar-refractivity contribution in [2.45, 2.75) is 51.8 Å². The minimum Gasteiger partial charge on any atom is -0.468 e. The fourth-order valence-corrected chi connectivity index (χ4v) is 4.37. The van der Waals surface area contributed by atoms with Gasteiger partial charge in [0.15, 0.2) is 6.79 Å². The Bertz CT molecular complexity index is 784. The first kappa shape index (κ1) is 22.6. The lowest BCUT2D eigenvalue weighted by Crippen LogP contribution is -2.18. The Kier molecular flexibility index (Phi) is 7.85. The molecular weight excluding hydrogens is 375 g/mol. The van der Waals surface area contributed by atoms with Crippen LogP contribution in [0.15, 0.2) is 48.5 Å². The van der Waals surface area contributed by atoms with E-state index in [1.807, 2.05) is 55.5 Å². The van der Waals surface area contributed by atoms with Crippen molar-refractivity contribution in [3.05, 3.63) is 65.2 Å². The second-order valence-electron chi connectivity index (χ2n) is 7.52. The largest absolute Gasteiger partial charge is 0.468 e. The van der Waals surface area contributed by atoms with E-state index in [0.717, 1.165) is 22.4 Å². The molecule has 2 unspecified atom stereocenters. The summed E-state index contributed by atoms with van der Waals surface area (Å²) < 4.78 is 27.9. The molecule has 0 aliphatic heterocycles. The lowest BCUT2D eigenvalue weighted by atomic mass is 9.78. The third-order valence-corrected chi connectivity index (χ3v) is 6.35. The molecule has 0 bridgehead atoms. The van der Waals surface area contributed by atoms with E-state index in [0.29, 0.717) is 6.42 Å². The van der Waals surface area contributed by atoms with Gasteiger partial charge in [0.2, 0.25) is 0 Å². The van der Waals surface area contributed by atoms with Crippen molar-refractivity contribution >= 4 is 7.60 Å². The van der Waals surface area contributed by atoms with Gasteiger partial charge in [-0.15, -0.1) is 0 Å². The molecule has 2 aromatic carbocycles. The van der Waals surface area contributed by atoms with E-state index >= 15 is 0 Å². The van der Waals surface area contributed by atoms with Gasteiger partial charge in [-0.1, -0.05) is 57.2 Å². The Morgan fingerprint density at radius 1 is 1.04 bits per heavy atom. The first-order valence-electron chi connectivity index (χ1n) is 9.50. The minimum atomic E-state index is -3.64. The van der Waals surface area contributed by atoms with Gasteiger partial charge in [0.05, 0.1) is 12.3 Å². The summed E-state index contributed by atoms with van der Waals surface area (Å²) in [6.07, 6.45) is 0.487. The molecule has 0 aromatic heterocycles. The van der Waals surface area contributed by atoms with Gasteiger partial charge in [-0.3, -0.25) is 4.57 Å². The lowest BCUT2D eigenvalue weighted by molar-refractivity contribution is 0.0511. The Morgan fingerprint density at radius 3 is 2.07 bits per heavy atom. The number of ether oxygens (including phenoxy) is 2. The zero-order chi connectivity index (χ0) is 20.8. The molecule has 2 atom stereocenters. The quantitative estimate of drug-likeness (QED) is 0.417. The maximum absolute atomic E-state index is 12.3. The third-order valence-electron chi connectivity index (χ3n) is 4.90. The lowest BCUT2D eigenvalue weighted by Gasteiger charge is -2.26. The molecule has 0 aliphatic rings. The summed E-state index contributed by atoms with van der Waals surface area (Å²) in [7, 11) is -2.05. The van der Waals surface area contributed by atoms with E-state index < -0.39 is 7.60 Å². The molecule has 1 N–H and O–H groups in total. The zero-order valence-electron chi connectivity index (χ0n) is 17.3. The molecule has 28 heavy (non-hydrogen) atoms. The average molecular weight is 406 g/mol. The van der Waals surface area contributed by atoms with Crippen LogP contribution in [-0.2, 0) is 25.4 Å². The molecule has 0 saturated heterocycles. The molecule has 0 aliphatic carbocycles. The standard InChI is InChI=1S/C22H31O5P/c1-6-17(2)27-28(23,24)15-18-7-9-19(10-8-18)22(3,4)20-11-13-21(14-12-20)26-16-25-5/h7-14,17H,6,15-16H2,1-5H3,(H,23,24). The van der Waals surface area contributed by atoms with E-state index in [1.54, 1.807) is 14.0 Å². The van der Waals surface area contributed by atoms with Gasteiger partial charge in [-0.25, -0.2) is 0 Å². The molecule has 0 amide bonds. The van der Waals surface area contributed by atoms with Crippen LogP contribution >= 0.6 is 7.60 Å². The van der Waals surface area contributed by atoms with Crippen LogP contribution in [0.1, 0.15) is 50.8 Å². The SMILES string of the molecule is CCC(C)OP(=O)(O)Cc1ccc(C(C)(C)c2ccc(OCOC)cc2)cc1. The van der Waals surface area contributed by atoms with Gasteiger partial charge >= 0.3 is 7.60 Å². The van der Waals surface area contributed by atoms with Crippen LogP contribution in [0, 0.1) is 0 Å². The molecular formula is C22H31O5P. The molecule has 0 fully saturated rings. The van der Waals surface area contributed by atoms with Gasteiger partial charge in [-0.2, -0.15) is 0 Å². The summed E-state index contributed by atoms with van der Waals surface area (Å²) in [5.41, 5.74) is 2.85. The van der Waals surface area contributed by atoms with Gasteiger partial charge in [0.1, 0.15) is 5.75 Å². The summed E-state index contributed by atoms with van der Waals surface area (Å²) in [4.78, 5) is 10.1. The van der Waals surface area contributed by atoms with Crippen LogP contribution in [0.3, 0.4) is 0 Å². The van der Waals surface area contributed by atoms with Crippen molar-refractivity contribution < 1.29 is 23.5 Å². The van der Waals surface area contributed by atoms with Crippen LogP contribution in [0.25, 0.3) is 0 Å². The van der Waals surface area contributed by atoms with Gasteiger partial charge in [-0.05, 0) is 42.2 Å². The van der Waals surface area contributed by atoms with Gasteiger partial charge < -0.3 is 18.9 Å². The molecule has 0 spiro atoms. The zero-order valence-corrected chi connectivity index (χ0v) is 18.2. The fourth-order valence-electron chi connectivity index (χ4n) is 2.91. The number of hydrogen-bond donors (Lipinski definition) is 1. The smallest absolute Gasteiger partial charge is 0.332 e. The summed E-state index contributed by atoms with van der Waals surface area (Å²) in [5.74, 6) is 0.761. The molecule has 0 radical (unpaired) electrons. The number of benzene rings is 2. The Labute approximate surface area is 168 Å². The summed E-state index contributed by atoms with van der Waals surface area (Å²) in [5, 5.41) is 0. The van der Waals surface area contributed by atoms with Crippen LogP contribution in [0.5, 0.6) is 5.75 Å². The van der Waals surface area contributed by atoms with Crippen molar-refractivity contribution in [3.8, 4) is 5.75 Å². The van der Waals surface area contributed by atoms with Crippen LogP contribution < -0.4 is 4.74 Å².